The Balaban J connectivity index is 2.03. The van der Waals surface area contributed by atoms with Crippen molar-refractivity contribution < 1.29 is 0 Å². The minimum Gasteiger partial charge on any atom is -0.312 e. The van der Waals surface area contributed by atoms with Gasteiger partial charge in [-0.2, -0.15) is 5.10 Å². The number of aromatic nitrogens is 2. The Morgan fingerprint density at radius 1 is 1.29 bits per heavy atom. The molecule has 0 saturated carbocycles. The van der Waals surface area contributed by atoms with Crippen molar-refractivity contribution in [3.8, 4) is 0 Å². The summed E-state index contributed by atoms with van der Waals surface area (Å²) in [5, 5.41) is 8.43. The standard InChI is InChI=1S/C17H22BrN3/c1-17(2,3)16-13-10-19-9-8-15(13)21(20-16)11-12-6-4-5-7-14(12)18/h4-7,19H,8-11H2,1-3H3. The SMILES string of the molecule is CC(C)(C)c1nn(Cc2ccccc2Br)c2c1CNCC2. The Bertz CT molecular complexity index is 653. The number of hydrogen-bond acceptors (Lipinski definition) is 2. The van der Waals surface area contributed by atoms with E-state index in [1.165, 1.54) is 22.5 Å². The van der Waals surface area contributed by atoms with Gasteiger partial charge >= 0.3 is 0 Å². The van der Waals surface area contributed by atoms with Crippen molar-refractivity contribution in [2.45, 2.75) is 45.7 Å². The first kappa shape index (κ1) is 14.8. The molecule has 0 amide bonds. The maximum atomic E-state index is 4.96. The zero-order valence-corrected chi connectivity index (χ0v) is 14.5. The second kappa shape index (κ2) is 5.58. The molecule has 1 aliphatic rings. The van der Waals surface area contributed by atoms with Crippen LogP contribution in [0.1, 0.15) is 43.3 Å². The fraction of sp³-hybridized carbons (Fsp3) is 0.471. The normalized spacial score (nSPS) is 15.0. The smallest absolute Gasteiger partial charge is 0.0725 e. The molecular formula is C17H22BrN3. The lowest BCUT2D eigenvalue weighted by atomic mass is 9.88. The van der Waals surface area contributed by atoms with Gasteiger partial charge in [0.05, 0.1) is 12.2 Å². The van der Waals surface area contributed by atoms with Gasteiger partial charge < -0.3 is 5.32 Å². The first-order chi connectivity index (χ1) is 9.97. The zero-order chi connectivity index (χ0) is 15.0. The highest BCUT2D eigenvalue weighted by molar-refractivity contribution is 9.10. The quantitative estimate of drug-likeness (QED) is 0.898. The van der Waals surface area contributed by atoms with Crippen molar-refractivity contribution in [2.75, 3.05) is 6.54 Å². The summed E-state index contributed by atoms with van der Waals surface area (Å²) in [7, 11) is 0. The molecule has 0 spiro atoms. The summed E-state index contributed by atoms with van der Waals surface area (Å²) in [6, 6.07) is 8.40. The highest BCUT2D eigenvalue weighted by Gasteiger charge is 2.27. The first-order valence-electron chi connectivity index (χ1n) is 7.50. The molecule has 1 aromatic carbocycles. The van der Waals surface area contributed by atoms with Gasteiger partial charge in [-0.25, -0.2) is 0 Å². The van der Waals surface area contributed by atoms with Crippen molar-refractivity contribution in [3.05, 3.63) is 51.3 Å². The number of rotatable bonds is 2. The average Bonchev–Trinajstić information content (AvgIpc) is 2.81. The van der Waals surface area contributed by atoms with Crippen molar-refractivity contribution >= 4 is 15.9 Å². The minimum absolute atomic E-state index is 0.0856. The molecule has 112 valence electrons. The van der Waals surface area contributed by atoms with Gasteiger partial charge in [-0.05, 0) is 11.6 Å². The van der Waals surface area contributed by atoms with Crippen LogP contribution in [0.25, 0.3) is 0 Å². The highest BCUT2D eigenvalue weighted by Crippen LogP contribution is 2.30. The van der Waals surface area contributed by atoms with Gasteiger partial charge in [0.15, 0.2) is 0 Å². The monoisotopic (exact) mass is 347 g/mol. The molecule has 1 N–H and O–H groups in total. The van der Waals surface area contributed by atoms with Gasteiger partial charge in [-0.3, -0.25) is 4.68 Å². The van der Waals surface area contributed by atoms with Gasteiger partial charge in [0, 0.05) is 40.7 Å². The van der Waals surface area contributed by atoms with Crippen molar-refractivity contribution in [1.29, 1.82) is 0 Å². The zero-order valence-electron chi connectivity index (χ0n) is 12.9. The Hall–Kier alpha value is -1.13. The van der Waals surface area contributed by atoms with E-state index in [-0.39, 0.29) is 5.41 Å². The molecule has 2 aromatic rings. The van der Waals surface area contributed by atoms with Crippen molar-refractivity contribution in [1.82, 2.24) is 15.1 Å². The van der Waals surface area contributed by atoms with Gasteiger partial charge in [0.1, 0.15) is 0 Å². The van der Waals surface area contributed by atoms with Crippen LogP contribution in [0.5, 0.6) is 0 Å². The molecule has 3 nitrogen and oxygen atoms in total. The molecule has 0 bridgehead atoms. The van der Waals surface area contributed by atoms with Crippen LogP contribution in [0, 0.1) is 0 Å². The summed E-state index contributed by atoms with van der Waals surface area (Å²) >= 11 is 3.64. The Labute approximate surface area is 134 Å². The summed E-state index contributed by atoms with van der Waals surface area (Å²) in [6.45, 7) is 9.54. The molecule has 0 radical (unpaired) electrons. The third-order valence-corrected chi connectivity index (χ3v) is 4.77. The van der Waals surface area contributed by atoms with Crippen molar-refractivity contribution in [2.24, 2.45) is 0 Å². The van der Waals surface area contributed by atoms with E-state index in [2.05, 4.69) is 71.0 Å². The van der Waals surface area contributed by atoms with E-state index in [4.69, 9.17) is 5.10 Å². The van der Waals surface area contributed by atoms with E-state index in [0.29, 0.717) is 0 Å². The fourth-order valence-corrected chi connectivity index (χ4v) is 3.35. The predicted molar refractivity (Wildman–Crippen MR) is 89.6 cm³/mol. The van der Waals surface area contributed by atoms with Gasteiger partial charge in [0.2, 0.25) is 0 Å². The molecular weight excluding hydrogens is 326 g/mol. The summed E-state index contributed by atoms with van der Waals surface area (Å²) in [5.41, 5.74) is 5.40. The Morgan fingerprint density at radius 3 is 2.76 bits per heavy atom. The van der Waals surface area contributed by atoms with Crippen LogP contribution >= 0.6 is 15.9 Å². The van der Waals surface area contributed by atoms with Crippen LogP contribution in [0.2, 0.25) is 0 Å². The molecule has 1 aromatic heterocycles. The van der Waals surface area contributed by atoms with Crippen LogP contribution in [0.3, 0.4) is 0 Å². The maximum absolute atomic E-state index is 4.96. The number of fused-ring (bicyclic) bond motifs is 1. The minimum atomic E-state index is 0.0856. The first-order valence-corrected chi connectivity index (χ1v) is 8.29. The molecule has 2 heterocycles. The summed E-state index contributed by atoms with van der Waals surface area (Å²) < 4.78 is 3.36. The van der Waals surface area contributed by atoms with E-state index in [1.807, 2.05) is 0 Å². The number of halogens is 1. The van der Waals surface area contributed by atoms with Crippen LogP contribution in [0.15, 0.2) is 28.7 Å². The number of nitrogens with one attached hydrogen (secondary N) is 1. The summed E-state index contributed by atoms with van der Waals surface area (Å²) in [5.74, 6) is 0. The van der Waals surface area contributed by atoms with Crippen molar-refractivity contribution in [3.63, 3.8) is 0 Å². The second-order valence-corrected chi connectivity index (χ2v) is 7.55. The second-order valence-electron chi connectivity index (χ2n) is 6.70. The number of nitrogens with zero attached hydrogens (tertiary/aromatic N) is 2. The molecule has 4 heteroatoms. The third kappa shape index (κ3) is 2.92. The Kier molecular flexibility index (Phi) is 3.93. The van der Waals surface area contributed by atoms with Crippen LogP contribution < -0.4 is 5.32 Å². The van der Waals surface area contributed by atoms with Crippen LogP contribution in [-0.4, -0.2) is 16.3 Å². The summed E-state index contributed by atoms with van der Waals surface area (Å²) in [6.07, 6.45) is 1.06. The van der Waals surface area contributed by atoms with E-state index < -0.39 is 0 Å². The maximum Gasteiger partial charge on any atom is 0.0725 e. The van der Waals surface area contributed by atoms with E-state index in [9.17, 15) is 0 Å². The highest BCUT2D eigenvalue weighted by atomic mass is 79.9. The van der Waals surface area contributed by atoms with Gasteiger partial charge in [-0.1, -0.05) is 54.9 Å². The molecule has 0 atom stereocenters. The predicted octanol–water partition coefficient (Wildman–Crippen LogP) is 3.64. The average molecular weight is 348 g/mol. The lowest BCUT2D eigenvalue weighted by Crippen LogP contribution is -2.26. The van der Waals surface area contributed by atoms with E-state index in [1.54, 1.807) is 0 Å². The van der Waals surface area contributed by atoms with Crippen LogP contribution in [-0.2, 0) is 24.9 Å². The molecule has 1 aliphatic heterocycles. The summed E-state index contributed by atoms with van der Waals surface area (Å²) in [4.78, 5) is 0. The number of hydrogen-bond donors (Lipinski definition) is 1. The topological polar surface area (TPSA) is 29.9 Å². The van der Waals surface area contributed by atoms with Gasteiger partial charge in [-0.15, -0.1) is 0 Å². The third-order valence-electron chi connectivity index (χ3n) is 4.00. The lowest BCUT2D eigenvalue weighted by molar-refractivity contribution is 0.539. The Morgan fingerprint density at radius 2 is 2.05 bits per heavy atom. The molecule has 21 heavy (non-hydrogen) atoms. The number of benzene rings is 1. The van der Waals surface area contributed by atoms with E-state index in [0.717, 1.165) is 30.5 Å². The molecule has 0 fully saturated rings. The largest absolute Gasteiger partial charge is 0.312 e. The molecule has 3 rings (SSSR count). The molecule has 0 saturated heterocycles. The lowest BCUT2D eigenvalue weighted by Gasteiger charge is -2.20. The van der Waals surface area contributed by atoms with E-state index >= 15 is 0 Å². The molecule has 0 unspecified atom stereocenters. The fourth-order valence-electron chi connectivity index (χ4n) is 2.94. The molecule has 0 aliphatic carbocycles. The van der Waals surface area contributed by atoms with Gasteiger partial charge in [0.25, 0.3) is 0 Å². The van der Waals surface area contributed by atoms with Crippen LogP contribution in [0.4, 0.5) is 0 Å².